The summed E-state index contributed by atoms with van der Waals surface area (Å²) in [4.78, 5) is 56.0. The predicted molar refractivity (Wildman–Crippen MR) is 183 cm³/mol. The number of rotatable bonds is 18. The van der Waals surface area contributed by atoms with Crippen molar-refractivity contribution in [2.24, 2.45) is 17.6 Å². The van der Waals surface area contributed by atoms with E-state index in [1.165, 1.54) is 0 Å². The zero-order valence-electron chi connectivity index (χ0n) is 27.9. The molecule has 12 heteroatoms. The quantitative estimate of drug-likeness (QED) is 0.106. The van der Waals surface area contributed by atoms with Crippen LogP contribution in [0.2, 0.25) is 5.82 Å². The number of nitrogens with one attached hydrogen (secondary N) is 3. The number of likely N-dealkylation sites (tertiary alicyclic amines) is 1. The largest absolute Gasteiger partial charge is 0.456 e. The van der Waals surface area contributed by atoms with Crippen LogP contribution in [0.5, 0.6) is 0 Å². The summed E-state index contributed by atoms with van der Waals surface area (Å²) in [5.41, 5.74) is 7.55. The first-order valence-electron chi connectivity index (χ1n) is 16.8. The number of amides is 4. The maximum atomic E-state index is 13.9. The molecule has 1 aliphatic heterocycles. The zero-order valence-corrected chi connectivity index (χ0v) is 27.9. The Morgan fingerprint density at radius 2 is 1.36 bits per heavy atom. The number of benzene rings is 2. The van der Waals surface area contributed by atoms with Gasteiger partial charge in [0.15, 0.2) is 0 Å². The molecular weight excluding hydrogens is 597 g/mol. The van der Waals surface area contributed by atoms with Gasteiger partial charge in [0.2, 0.25) is 23.6 Å². The van der Waals surface area contributed by atoms with Crippen LogP contribution in [0.25, 0.3) is 0 Å². The van der Waals surface area contributed by atoms with Crippen LogP contribution in [-0.4, -0.2) is 83.5 Å². The first kappa shape index (κ1) is 37.7. The normalized spacial score (nSPS) is 17.0. The molecule has 4 amide bonds. The second-order valence-electron chi connectivity index (χ2n) is 13.1. The van der Waals surface area contributed by atoms with Gasteiger partial charge in [0, 0.05) is 31.2 Å². The fourth-order valence-corrected chi connectivity index (χ4v) is 5.88. The molecule has 2 aromatic carbocycles. The molecule has 11 nitrogen and oxygen atoms in total. The van der Waals surface area contributed by atoms with Crippen molar-refractivity contribution in [1.82, 2.24) is 20.9 Å². The minimum absolute atomic E-state index is 0.0379. The lowest BCUT2D eigenvalue weighted by Crippen LogP contribution is -2.57. The zero-order chi connectivity index (χ0) is 34.3. The summed E-state index contributed by atoms with van der Waals surface area (Å²) < 4.78 is 0. The third-order valence-electron chi connectivity index (χ3n) is 8.61. The molecule has 7 N–H and O–H groups in total. The molecule has 0 saturated carbocycles. The Bertz CT molecular complexity index is 1280. The number of hydrogen-bond donors (Lipinski definition) is 6. The Balaban J connectivity index is 1.76. The lowest BCUT2D eigenvalue weighted by atomic mass is 9.72. The Morgan fingerprint density at radius 1 is 0.809 bits per heavy atom. The summed E-state index contributed by atoms with van der Waals surface area (Å²) in [5.74, 6) is -2.34. The molecule has 1 heterocycles. The Hall–Kier alpha value is -3.74. The molecule has 47 heavy (non-hydrogen) atoms. The molecule has 1 aliphatic rings. The molecular formula is C35H52BN5O6. The van der Waals surface area contributed by atoms with Gasteiger partial charge in [-0.15, -0.1) is 0 Å². The van der Waals surface area contributed by atoms with Crippen molar-refractivity contribution in [3.8, 4) is 0 Å². The molecule has 0 aliphatic carbocycles. The number of hydrogen-bond acceptors (Lipinski definition) is 7. The highest BCUT2D eigenvalue weighted by Gasteiger charge is 2.37. The Morgan fingerprint density at radius 3 is 1.91 bits per heavy atom. The van der Waals surface area contributed by atoms with Gasteiger partial charge in [-0.2, -0.15) is 0 Å². The summed E-state index contributed by atoms with van der Waals surface area (Å²) in [5, 5.41) is 27.9. The maximum Gasteiger partial charge on any atom is 0.456 e. The molecule has 0 aromatic heterocycles. The summed E-state index contributed by atoms with van der Waals surface area (Å²) >= 11 is 0. The van der Waals surface area contributed by atoms with E-state index in [4.69, 9.17) is 5.73 Å². The van der Waals surface area contributed by atoms with Crippen LogP contribution in [0.3, 0.4) is 0 Å². The van der Waals surface area contributed by atoms with Crippen LogP contribution in [0.15, 0.2) is 60.7 Å². The van der Waals surface area contributed by atoms with E-state index in [0.717, 1.165) is 11.1 Å². The molecule has 2 aromatic rings. The monoisotopic (exact) mass is 649 g/mol. The molecule has 0 spiro atoms. The standard InChI is InChI=1S/C35H52BN5O6/c1-24(2)20-30(33(43)38-29(16-10-11-18-37)35(45)41-19-17-28(23-41)36(46)47)40-34(44)31(22-27-14-8-5-9-15-27)39-32(42)25(3)21-26-12-6-4-7-13-26/h4-9,12-15,24-25,28-31,46-47H,10-11,16-23,37H2,1-3H3,(H,38,43)(H,39,42)(H,40,44)/t25-,28?,29-,30-,31-/m1/s1. The lowest BCUT2D eigenvalue weighted by Gasteiger charge is -2.28. The molecule has 1 saturated heterocycles. The van der Waals surface area contributed by atoms with E-state index in [2.05, 4.69) is 16.0 Å². The highest BCUT2D eigenvalue weighted by molar-refractivity contribution is 6.43. The Kier molecular flexibility index (Phi) is 15.4. The van der Waals surface area contributed by atoms with Crippen LogP contribution in [0.1, 0.15) is 64.0 Å². The Labute approximate surface area is 279 Å². The molecule has 0 radical (unpaired) electrons. The van der Waals surface area contributed by atoms with Gasteiger partial charge >= 0.3 is 7.12 Å². The van der Waals surface area contributed by atoms with Gasteiger partial charge in [0.25, 0.3) is 0 Å². The minimum atomic E-state index is -1.52. The summed E-state index contributed by atoms with van der Waals surface area (Å²) in [6, 6.07) is 16.3. The van der Waals surface area contributed by atoms with Gasteiger partial charge in [0.05, 0.1) is 0 Å². The van der Waals surface area contributed by atoms with Crippen LogP contribution in [0.4, 0.5) is 0 Å². The van der Waals surface area contributed by atoms with Crippen molar-refractivity contribution in [2.75, 3.05) is 19.6 Å². The van der Waals surface area contributed by atoms with E-state index in [1.54, 1.807) is 4.90 Å². The molecule has 1 unspecified atom stereocenters. The second-order valence-corrected chi connectivity index (χ2v) is 13.1. The molecule has 0 bridgehead atoms. The smallest absolute Gasteiger partial charge is 0.427 e. The highest BCUT2D eigenvalue weighted by atomic mass is 16.4. The van der Waals surface area contributed by atoms with E-state index < -0.39 is 48.8 Å². The predicted octanol–water partition coefficient (Wildman–Crippen LogP) is 1.81. The minimum Gasteiger partial charge on any atom is -0.427 e. The fraction of sp³-hybridized carbons (Fsp3) is 0.543. The van der Waals surface area contributed by atoms with Gasteiger partial charge in [-0.3, -0.25) is 19.2 Å². The summed E-state index contributed by atoms with van der Waals surface area (Å²) in [6.45, 7) is 6.70. The number of carbonyl (C=O) groups excluding carboxylic acids is 4. The van der Waals surface area contributed by atoms with Crippen LogP contribution < -0.4 is 21.7 Å². The van der Waals surface area contributed by atoms with Crippen molar-refractivity contribution in [1.29, 1.82) is 0 Å². The van der Waals surface area contributed by atoms with Gasteiger partial charge < -0.3 is 36.6 Å². The van der Waals surface area contributed by atoms with Gasteiger partial charge in [-0.1, -0.05) is 81.4 Å². The second kappa shape index (κ2) is 19.2. The van der Waals surface area contributed by atoms with Crippen molar-refractivity contribution in [3.05, 3.63) is 71.8 Å². The fourth-order valence-electron chi connectivity index (χ4n) is 5.88. The molecule has 5 atom stereocenters. The molecule has 1 fully saturated rings. The highest BCUT2D eigenvalue weighted by Crippen LogP contribution is 2.24. The third kappa shape index (κ3) is 12.4. The molecule has 256 valence electrons. The van der Waals surface area contributed by atoms with Crippen molar-refractivity contribution >= 4 is 30.7 Å². The maximum absolute atomic E-state index is 13.9. The SMILES string of the molecule is CC(C)C[C@@H](NC(=O)[C@@H](Cc1ccccc1)NC(=O)[C@H](C)Cc1ccccc1)C(=O)N[C@H](CCCCN)C(=O)N1CCC(B(O)O)C1. The van der Waals surface area contributed by atoms with Crippen LogP contribution in [0, 0.1) is 11.8 Å². The van der Waals surface area contributed by atoms with Crippen molar-refractivity contribution in [3.63, 3.8) is 0 Å². The van der Waals surface area contributed by atoms with Crippen LogP contribution in [-0.2, 0) is 32.0 Å². The van der Waals surface area contributed by atoms with Crippen LogP contribution >= 0.6 is 0 Å². The van der Waals surface area contributed by atoms with E-state index in [1.807, 2.05) is 81.4 Å². The van der Waals surface area contributed by atoms with E-state index in [-0.39, 0.29) is 30.7 Å². The van der Waals surface area contributed by atoms with Crippen molar-refractivity contribution in [2.45, 2.75) is 89.7 Å². The average Bonchev–Trinajstić information content (AvgIpc) is 3.55. The first-order chi connectivity index (χ1) is 22.5. The molecule has 3 rings (SSSR count). The van der Waals surface area contributed by atoms with E-state index >= 15 is 0 Å². The third-order valence-corrected chi connectivity index (χ3v) is 8.61. The van der Waals surface area contributed by atoms with Gasteiger partial charge in [-0.25, -0.2) is 0 Å². The number of carbonyl (C=O) groups is 4. The van der Waals surface area contributed by atoms with E-state index in [0.29, 0.717) is 51.6 Å². The van der Waals surface area contributed by atoms with Crippen molar-refractivity contribution < 1.29 is 29.2 Å². The van der Waals surface area contributed by atoms with E-state index in [9.17, 15) is 29.2 Å². The van der Waals surface area contributed by atoms with Gasteiger partial charge in [0.1, 0.15) is 18.1 Å². The topological polar surface area (TPSA) is 174 Å². The number of unbranched alkanes of at least 4 members (excludes halogenated alkanes) is 1. The average molecular weight is 650 g/mol. The summed E-state index contributed by atoms with van der Waals surface area (Å²) in [7, 11) is -1.52. The summed E-state index contributed by atoms with van der Waals surface area (Å²) in [6.07, 6.45) is 3.17. The lowest BCUT2D eigenvalue weighted by molar-refractivity contribution is -0.137. The number of nitrogens with two attached hydrogens (primary N) is 1. The number of nitrogens with zero attached hydrogens (tertiary/aromatic N) is 1. The van der Waals surface area contributed by atoms with Gasteiger partial charge in [-0.05, 0) is 62.1 Å². The first-order valence-corrected chi connectivity index (χ1v) is 16.8.